The number of hydrogen-bond donors (Lipinski definition) is 1. The molecule has 10 heterocycles. The van der Waals surface area contributed by atoms with E-state index in [1.54, 1.807) is 41.6 Å². The second-order valence-corrected chi connectivity index (χ2v) is 25.5. The Morgan fingerprint density at radius 2 is 0.967 bits per heavy atom. The number of pyridine rings is 4. The fourth-order valence-corrected chi connectivity index (χ4v) is 14.0. The number of rotatable bonds is 16. The molecule has 1 N–H and O–H groups in total. The number of aliphatic imine (C=N–C) groups is 2. The fraction of sp³-hybridized carbons (Fsp3) is 0.246. The molecule has 0 unspecified atom stereocenters. The van der Waals surface area contributed by atoms with Crippen molar-refractivity contribution < 1.29 is 33.0 Å². The van der Waals surface area contributed by atoms with Gasteiger partial charge >= 0.3 is 0 Å². The van der Waals surface area contributed by atoms with E-state index in [9.17, 15) is 9.59 Å². The van der Waals surface area contributed by atoms with Gasteiger partial charge in [-0.15, -0.1) is 22.7 Å². The van der Waals surface area contributed by atoms with E-state index in [1.807, 2.05) is 97.0 Å². The van der Waals surface area contributed by atoms with Gasteiger partial charge in [0.15, 0.2) is 23.1 Å². The number of piperazine rings is 2. The van der Waals surface area contributed by atoms with Gasteiger partial charge in [0.05, 0.1) is 53.0 Å². The van der Waals surface area contributed by atoms with E-state index < -0.39 is 18.2 Å². The Labute approximate surface area is 536 Å². The predicted molar refractivity (Wildman–Crippen MR) is 352 cm³/mol. The van der Waals surface area contributed by atoms with Crippen molar-refractivity contribution in [1.29, 1.82) is 0 Å². The van der Waals surface area contributed by atoms with Crippen LogP contribution in [-0.2, 0) is 48.4 Å². The highest BCUT2D eigenvalue weighted by molar-refractivity contribution is 7.23. The zero-order valence-electron chi connectivity index (χ0n) is 49.1. The van der Waals surface area contributed by atoms with E-state index in [0.29, 0.717) is 53.9 Å². The third kappa shape index (κ3) is 14.0. The van der Waals surface area contributed by atoms with Crippen molar-refractivity contribution in [3.05, 3.63) is 201 Å². The molecule has 0 radical (unpaired) electrons. The van der Waals surface area contributed by atoms with E-state index in [4.69, 9.17) is 47.8 Å². The zero-order chi connectivity index (χ0) is 61.8. The molecule has 0 saturated carbocycles. The third-order valence-electron chi connectivity index (χ3n) is 16.3. The van der Waals surface area contributed by atoms with Gasteiger partial charge in [-0.05, 0) is 106 Å². The molecular formula is C69H60Cl2F2N10O5S2. The minimum atomic E-state index is -0.444. The minimum absolute atomic E-state index is 0.147. The van der Waals surface area contributed by atoms with Crippen LogP contribution < -0.4 is 9.47 Å². The first kappa shape index (κ1) is 60.5. The topological polar surface area (TPSA) is 162 Å². The second-order valence-electron chi connectivity index (χ2n) is 22.5. The number of hydrogen-bond acceptors (Lipinski definition) is 15. The van der Waals surface area contributed by atoms with Crippen molar-refractivity contribution in [2.75, 3.05) is 59.0 Å². The van der Waals surface area contributed by atoms with Gasteiger partial charge in [-0.1, -0.05) is 66.5 Å². The lowest BCUT2D eigenvalue weighted by Crippen LogP contribution is -2.49. The lowest BCUT2D eigenvalue weighted by Gasteiger charge is -2.34. The summed E-state index contributed by atoms with van der Waals surface area (Å²) < 4.78 is 44.3. The second kappa shape index (κ2) is 27.0. The van der Waals surface area contributed by atoms with Crippen molar-refractivity contribution >= 4 is 101 Å². The average molecular weight is 1280 g/mol. The van der Waals surface area contributed by atoms with Crippen molar-refractivity contribution in [3.63, 3.8) is 0 Å². The third-order valence-corrected chi connectivity index (χ3v) is 19.1. The Morgan fingerprint density at radius 3 is 1.38 bits per heavy atom. The van der Waals surface area contributed by atoms with Crippen molar-refractivity contribution in [3.8, 4) is 44.1 Å². The smallest absolute Gasteiger partial charge is 0.248 e. The van der Waals surface area contributed by atoms with Crippen molar-refractivity contribution in [1.82, 2.24) is 39.5 Å². The molecule has 0 spiro atoms. The molecule has 4 aliphatic heterocycles. The van der Waals surface area contributed by atoms with Gasteiger partial charge in [-0.2, -0.15) is 0 Å². The van der Waals surface area contributed by atoms with E-state index >= 15 is 8.78 Å². The molecule has 2 amide bonds. The lowest BCUT2D eigenvalue weighted by atomic mass is 10.0. The number of thiophene rings is 2. The van der Waals surface area contributed by atoms with Crippen molar-refractivity contribution in [2.45, 2.75) is 52.1 Å². The SMILES string of the molecule is CCC(=O)N1CCN(Cc2ccc(-c3cc4nccc(Oc5ccc(CC6=Nc7cc(Cl)ccc7C6)cc5F)c4s3)nc2)CC1.O=C(CO)N1CCN(Cc2ccc(-c3cc4nccc(Oc5ccc(CC6=Nc7cc(Cl)ccc7C6)cc5F)c4s3)nc2)CC1. The van der Waals surface area contributed by atoms with Crippen LogP contribution in [0.5, 0.6) is 23.0 Å². The van der Waals surface area contributed by atoms with Gasteiger partial charge in [0.2, 0.25) is 11.8 Å². The molecule has 2 saturated heterocycles. The molecule has 6 aromatic heterocycles. The normalized spacial score (nSPS) is 14.9. The highest BCUT2D eigenvalue weighted by Crippen LogP contribution is 2.42. The summed E-state index contributed by atoms with van der Waals surface area (Å²) in [5.41, 5.74) is 13.0. The molecule has 21 heteroatoms. The van der Waals surface area contributed by atoms with Crippen LogP contribution in [0.4, 0.5) is 20.2 Å². The highest BCUT2D eigenvalue weighted by atomic mass is 35.5. The Hall–Kier alpha value is -8.40. The lowest BCUT2D eigenvalue weighted by molar-refractivity contribution is -0.136. The monoisotopic (exact) mass is 1280 g/mol. The number of carbonyl (C=O) groups is 2. The molecule has 14 rings (SSSR count). The van der Waals surface area contributed by atoms with Crippen LogP contribution in [0, 0.1) is 11.6 Å². The Kier molecular flexibility index (Phi) is 18.1. The quantitative estimate of drug-likeness (QED) is 0.0980. The van der Waals surface area contributed by atoms with Crippen LogP contribution in [-0.4, -0.2) is 127 Å². The number of aliphatic hydroxyl groups excluding tert-OH is 1. The Balaban J connectivity index is 0.000000165. The number of amides is 2. The number of aliphatic hydroxyl groups is 1. The first-order chi connectivity index (χ1) is 43.8. The number of halogens is 4. The van der Waals surface area contributed by atoms with Crippen molar-refractivity contribution in [2.24, 2.45) is 9.98 Å². The van der Waals surface area contributed by atoms with Gasteiger partial charge in [-0.25, -0.2) is 8.78 Å². The van der Waals surface area contributed by atoms with Crippen LogP contribution in [0.15, 0.2) is 156 Å². The highest BCUT2D eigenvalue weighted by Gasteiger charge is 2.24. The summed E-state index contributed by atoms with van der Waals surface area (Å²) in [6, 6.07) is 37.2. The summed E-state index contributed by atoms with van der Waals surface area (Å²) in [6.07, 6.45) is 10.2. The van der Waals surface area contributed by atoms with Crippen LogP contribution in [0.3, 0.4) is 0 Å². The first-order valence-electron chi connectivity index (χ1n) is 29.7. The summed E-state index contributed by atoms with van der Waals surface area (Å²) in [6.45, 7) is 8.99. The molecule has 4 aliphatic rings. The molecule has 0 atom stereocenters. The first-order valence-corrected chi connectivity index (χ1v) is 32.1. The number of fused-ring (bicyclic) bond motifs is 4. The van der Waals surface area contributed by atoms with E-state index in [0.717, 1.165) is 163 Å². The van der Waals surface area contributed by atoms with Gasteiger partial charge < -0.3 is 24.4 Å². The Bertz CT molecular complexity index is 4120. The summed E-state index contributed by atoms with van der Waals surface area (Å²) in [4.78, 5) is 61.7. The summed E-state index contributed by atoms with van der Waals surface area (Å²) >= 11 is 15.2. The average Bonchev–Trinajstić information content (AvgIpc) is 2.77. The summed E-state index contributed by atoms with van der Waals surface area (Å²) in [5.74, 6) is 0.522. The maximum absolute atomic E-state index is 15.2. The van der Waals surface area contributed by atoms with Crippen LogP contribution in [0.25, 0.3) is 41.6 Å². The Morgan fingerprint density at radius 1 is 0.522 bits per heavy atom. The fourth-order valence-electron chi connectivity index (χ4n) is 11.5. The molecule has 456 valence electrons. The van der Waals surface area contributed by atoms with Crippen LogP contribution in [0.2, 0.25) is 10.0 Å². The van der Waals surface area contributed by atoms with Gasteiger partial charge in [0, 0.05) is 156 Å². The number of aromatic nitrogens is 4. The molecule has 15 nitrogen and oxygen atoms in total. The minimum Gasteiger partial charge on any atom is -0.453 e. The van der Waals surface area contributed by atoms with Gasteiger partial charge in [0.1, 0.15) is 18.1 Å². The number of carbonyl (C=O) groups excluding carboxylic acids is 2. The summed E-state index contributed by atoms with van der Waals surface area (Å²) in [5, 5.41) is 10.4. The molecule has 0 bridgehead atoms. The molecule has 0 aliphatic carbocycles. The maximum Gasteiger partial charge on any atom is 0.248 e. The van der Waals surface area contributed by atoms with Crippen LogP contribution >= 0.6 is 45.9 Å². The maximum atomic E-state index is 15.2. The van der Waals surface area contributed by atoms with Gasteiger partial charge in [0.25, 0.3) is 0 Å². The molecule has 90 heavy (non-hydrogen) atoms. The van der Waals surface area contributed by atoms with Crippen LogP contribution in [0.1, 0.15) is 46.7 Å². The predicted octanol–water partition coefficient (Wildman–Crippen LogP) is 14.3. The van der Waals surface area contributed by atoms with E-state index in [-0.39, 0.29) is 23.3 Å². The zero-order valence-corrected chi connectivity index (χ0v) is 52.2. The summed E-state index contributed by atoms with van der Waals surface area (Å²) in [7, 11) is 0. The molecular weight excluding hydrogens is 1220 g/mol. The number of nitrogens with zero attached hydrogens (tertiary/aromatic N) is 10. The number of benzene rings is 4. The molecule has 4 aromatic carbocycles. The van der Waals surface area contributed by atoms with Gasteiger partial charge in [-0.3, -0.25) is 49.3 Å². The largest absolute Gasteiger partial charge is 0.453 e. The standard InChI is InChI=1S/C35H31ClFN5O2S.C34H29ClFN5O3S/c1-2-34(43)42-13-11-41(12-14-42)21-23-3-7-28(39-20-23)33-19-30-35(45-33)32(9-10-38-30)44-31-8-4-22(16-27(31)37)15-26-17-24-5-6-25(36)18-29(24)40-26;35-24-4-3-23-15-25(39-28(23)16-24)13-21-2-6-30(26(36)14-21)44-31-7-8-37-29-17-32(45-34(29)31)27-5-1-22(18-38-27)19-40-9-11-41(12-10-40)33(43)20-42/h3-10,16,18-20H,2,11-15,17,21H2,1H3;1-8,14,16-18,42H,9-13,15,19-20H2. The van der Waals surface area contributed by atoms with E-state index in [1.165, 1.54) is 34.8 Å². The number of ether oxygens (including phenoxy) is 2. The molecule has 2 fully saturated rings. The molecule has 10 aromatic rings. The van der Waals surface area contributed by atoms with E-state index in [2.05, 4.69) is 41.9 Å².